The molecular weight excluding hydrogens is 417 g/mol. The van der Waals surface area contributed by atoms with Crippen molar-refractivity contribution in [3.05, 3.63) is 65.7 Å². The molecule has 0 amide bonds. The highest BCUT2D eigenvalue weighted by atomic mass is 127. The third kappa shape index (κ3) is 4.83. The number of hydrogen-bond acceptors (Lipinski definition) is 2. The number of fused-ring (bicyclic) bond motifs is 1. The number of pyridine rings is 1. The van der Waals surface area contributed by atoms with Crippen molar-refractivity contribution in [2.75, 3.05) is 0 Å². The lowest BCUT2D eigenvalue weighted by Gasteiger charge is -1.95. The predicted octanol–water partition coefficient (Wildman–Crippen LogP) is -0.0926. The number of aromatic nitrogens is 3. The molecular formula is C14H13BrIN3. The lowest BCUT2D eigenvalue weighted by Crippen LogP contribution is -3.00. The fraction of sp³-hybridized carbons (Fsp3) is 0.0714. The maximum atomic E-state index is 3.87. The smallest absolute Gasteiger partial charge is 0.168 e. The van der Waals surface area contributed by atoms with E-state index in [1.54, 1.807) is 6.20 Å². The summed E-state index contributed by atoms with van der Waals surface area (Å²) in [6.07, 6.45) is 5.75. The van der Waals surface area contributed by atoms with E-state index in [9.17, 15) is 0 Å². The molecule has 0 spiro atoms. The van der Waals surface area contributed by atoms with Crippen molar-refractivity contribution in [2.24, 2.45) is 7.05 Å². The van der Waals surface area contributed by atoms with Crippen LogP contribution in [-0.2, 0) is 7.05 Å². The summed E-state index contributed by atoms with van der Waals surface area (Å²) in [7, 11) is 2.00. The Morgan fingerprint density at radius 2 is 1.68 bits per heavy atom. The van der Waals surface area contributed by atoms with Gasteiger partial charge in [0.25, 0.3) is 0 Å². The van der Waals surface area contributed by atoms with E-state index in [-0.39, 0.29) is 24.0 Å². The average Bonchev–Trinajstić information content (AvgIpc) is 2.41. The molecule has 0 N–H and O–H groups in total. The van der Waals surface area contributed by atoms with E-state index in [1.165, 1.54) is 0 Å². The summed E-state index contributed by atoms with van der Waals surface area (Å²) >= 11 is 3.32. The minimum atomic E-state index is 0. The summed E-state index contributed by atoms with van der Waals surface area (Å²) in [4.78, 5) is 0. The first-order chi connectivity index (χ1) is 8.77. The molecule has 0 radical (unpaired) electrons. The summed E-state index contributed by atoms with van der Waals surface area (Å²) in [6.45, 7) is 0. The average molecular weight is 430 g/mol. The van der Waals surface area contributed by atoms with Crippen LogP contribution in [0, 0.1) is 0 Å². The summed E-state index contributed by atoms with van der Waals surface area (Å²) in [5.41, 5.74) is 0. The van der Waals surface area contributed by atoms with Crippen molar-refractivity contribution in [1.29, 1.82) is 0 Å². The van der Waals surface area contributed by atoms with Crippen LogP contribution in [0.4, 0.5) is 0 Å². The molecule has 1 aromatic carbocycles. The Balaban J connectivity index is 0.000000198. The molecule has 0 atom stereocenters. The van der Waals surface area contributed by atoms with Crippen LogP contribution in [-0.4, -0.2) is 10.2 Å². The lowest BCUT2D eigenvalue weighted by atomic mass is 10.2. The number of benzene rings is 1. The van der Waals surface area contributed by atoms with Gasteiger partial charge in [-0.3, -0.25) is 0 Å². The fourth-order valence-corrected chi connectivity index (χ4v) is 1.93. The Kier molecular flexibility index (Phi) is 6.86. The van der Waals surface area contributed by atoms with Crippen molar-refractivity contribution in [1.82, 2.24) is 10.2 Å². The quantitative estimate of drug-likeness (QED) is 0.369. The van der Waals surface area contributed by atoms with Crippen molar-refractivity contribution < 1.29 is 28.5 Å². The lowest BCUT2D eigenvalue weighted by molar-refractivity contribution is -0.671. The fourth-order valence-electron chi connectivity index (χ4n) is 1.48. The first-order valence-corrected chi connectivity index (χ1v) is 6.33. The molecule has 0 fully saturated rings. The monoisotopic (exact) mass is 429 g/mol. The number of hydrogen-bond donors (Lipinski definition) is 0. The van der Waals surface area contributed by atoms with E-state index in [0.717, 1.165) is 15.4 Å². The molecule has 2 aromatic heterocycles. The summed E-state index contributed by atoms with van der Waals surface area (Å²) in [6, 6.07) is 14.0. The van der Waals surface area contributed by atoms with Gasteiger partial charge in [-0.25, -0.2) is 4.57 Å². The molecule has 0 saturated heterocycles. The molecule has 3 nitrogen and oxygen atoms in total. The zero-order valence-corrected chi connectivity index (χ0v) is 14.1. The maximum Gasteiger partial charge on any atom is 0.168 e. The van der Waals surface area contributed by atoms with E-state index < -0.39 is 0 Å². The van der Waals surface area contributed by atoms with Crippen LogP contribution in [0.3, 0.4) is 0 Å². The van der Waals surface area contributed by atoms with Crippen LogP contribution in [0.15, 0.2) is 65.7 Å². The van der Waals surface area contributed by atoms with E-state index in [2.05, 4.69) is 26.1 Å². The first kappa shape index (κ1) is 16.0. The Morgan fingerprint density at radius 1 is 1.00 bits per heavy atom. The molecule has 3 aromatic rings. The van der Waals surface area contributed by atoms with Gasteiger partial charge in [0.15, 0.2) is 12.4 Å². The predicted molar refractivity (Wildman–Crippen MR) is 74.9 cm³/mol. The molecule has 2 heterocycles. The molecule has 3 rings (SSSR count). The minimum absolute atomic E-state index is 0. The van der Waals surface area contributed by atoms with Gasteiger partial charge in [-0.2, -0.15) is 5.10 Å². The Bertz CT molecular complexity index is 626. The molecule has 98 valence electrons. The van der Waals surface area contributed by atoms with Crippen molar-refractivity contribution in [3.63, 3.8) is 0 Å². The normalized spacial score (nSPS) is 9.16. The van der Waals surface area contributed by atoms with Crippen LogP contribution < -0.4 is 28.5 Å². The van der Waals surface area contributed by atoms with Gasteiger partial charge < -0.3 is 24.0 Å². The van der Waals surface area contributed by atoms with Gasteiger partial charge in [0, 0.05) is 22.9 Å². The molecule has 19 heavy (non-hydrogen) atoms. The molecule has 5 heteroatoms. The highest BCUT2D eigenvalue weighted by molar-refractivity contribution is 9.10. The third-order valence-electron chi connectivity index (χ3n) is 2.39. The number of rotatable bonds is 0. The van der Waals surface area contributed by atoms with Crippen molar-refractivity contribution in [2.45, 2.75) is 0 Å². The molecule has 0 aliphatic heterocycles. The zero-order valence-electron chi connectivity index (χ0n) is 10.4. The van der Waals surface area contributed by atoms with Crippen molar-refractivity contribution >= 4 is 26.7 Å². The highest BCUT2D eigenvalue weighted by Gasteiger charge is 1.96. The van der Waals surface area contributed by atoms with Gasteiger partial charge in [0.1, 0.15) is 11.7 Å². The second-order valence-electron chi connectivity index (χ2n) is 3.76. The van der Waals surface area contributed by atoms with Crippen molar-refractivity contribution in [3.8, 4) is 0 Å². The van der Waals surface area contributed by atoms with Crippen LogP contribution in [0.5, 0.6) is 0 Å². The van der Waals surface area contributed by atoms with Gasteiger partial charge in [-0.1, -0.05) is 30.3 Å². The SMILES string of the molecule is Brc1nncc2ccccc12.C[n+]1ccccc1.[I-]. The zero-order chi connectivity index (χ0) is 12.8. The summed E-state index contributed by atoms with van der Waals surface area (Å²) < 4.78 is 2.80. The number of halogens is 2. The van der Waals surface area contributed by atoms with Crippen LogP contribution >= 0.6 is 15.9 Å². The number of aryl methyl sites for hydroxylation is 1. The summed E-state index contributed by atoms with van der Waals surface area (Å²) in [5, 5.41) is 9.89. The Morgan fingerprint density at radius 3 is 2.26 bits per heavy atom. The molecule has 0 aliphatic carbocycles. The maximum absolute atomic E-state index is 3.87. The highest BCUT2D eigenvalue weighted by Crippen LogP contribution is 2.18. The van der Waals surface area contributed by atoms with E-state index in [1.807, 2.05) is 66.5 Å². The van der Waals surface area contributed by atoms with Crippen LogP contribution in [0.1, 0.15) is 0 Å². The second kappa shape index (κ2) is 8.16. The molecule has 0 bridgehead atoms. The Labute approximate surface area is 137 Å². The summed E-state index contributed by atoms with van der Waals surface area (Å²) in [5.74, 6) is 0. The Hall–Kier alpha value is -1.08. The molecule has 0 unspecified atom stereocenters. The van der Waals surface area contributed by atoms with E-state index in [0.29, 0.717) is 0 Å². The standard InChI is InChI=1S/C8H5BrN2.C6H8N.HI/c9-8-7-4-2-1-3-6(7)5-10-11-8;1-7-5-3-2-4-6-7;/h1-5H;2-6H,1H3;1H/q;+1;/p-1. The first-order valence-electron chi connectivity index (χ1n) is 5.53. The molecule has 0 saturated carbocycles. The van der Waals surface area contributed by atoms with Gasteiger partial charge in [0.2, 0.25) is 0 Å². The third-order valence-corrected chi connectivity index (χ3v) is 2.98. The van der Waals surface area contributed by atoms with Gasteiger partial charge in [-0.05, 0) is 15.9 Å². The number of nitrogens with zero attached hydrogens (tertiary/aromatic N) is 3. The van der Waals surface area contributed by atoms with Gasteiger partial charge >= 0.3 is 0 Å². The second-order valence-corrected chi connectivity index (χ2v) is 4.51. The van der Waals surface area contributed by atoms with Gasteiger partial charge in [-0.15, -0.1) is 5.10 Å². The topological polar surface area (TPSA) is 29.7 Å². The largest absolute Gasteiger partial charge is 1.00 e. The molecule has 0 aliphatic rings. The van der Waals surface area contributed by atoms with Crippen LogP contribution in [0.2, 0.25) is 0 Å². The minimum Gasteiger partial charge on any atom is -1.00 e. The van der Waals surface area contributed by atoms with E-state index >= 15 is 0 Å². The van der Waals surface area contributed by atoms with Gasteiger partial charge in [0.05, 0.1) is 6.20 Å². The van der Waals surface area contributed by atoms with E-state index in [4.69, 9.17) is 0 Å². The van der Waals surface area contributed by atoms with Crippen LogP contribution in [0.25, 0.3) is 10.8 Å².